The number of nitrogens with one attached hydrogen (secondary N) is 1. The number of amides is 3. The van der Waals surface area contributed by atoms with E-state index in [1.165, 1.54) is 4.88 Å². The van der Waals surface area contributed by atoms with Crippen molar-refractivity contribution >= 4 is 23.3 Å². The first-order valence-electron chi connectivity index (χ1n) is 4.79. The zero-order valence-corrected chi connectivity index (χ0v) is 9.21. The van der Waals surface area contributed by atoms with Gasteiger partial charge < -0.3 is 4.90 Å². The van der Waals surface area contributed by atoms with Crippen LogP contribution in [0.3, 0.4) is 0 Å². The lowest BCUT2D eigenvalue weighted by molar-refractivity contribution is -0.118. The normalized spacial score (nSPS) is 18.1. The molecule has 1 atom stereocenters. The maximum atomic E-state index is 11.4. The van der Waals surface area contributed by atoms with Gasteiger partial charge in [-0.2, -0.15) is 0 Å². The number of rotatable bonds is 3. The highest BCUT2D eigenvalue weighted by Gasteiger charge is 2.30. The molecule has 1 N–H and O–H groups in total. The van der Waals surface area contributed by atoms with Crippen LogP contribution in [0.4, 0.5) is 4.79 Å². The van der Waals surface area contributed by atoms with E-state index in [2.05, 4.69) is 5.32 Å². The summed E-state index contributed by atoms with van der Waals surface area (Å²) in [5, 5.41) is 4.29. The molecule has 1 saturated heterocycles. The molecular formula is C10H12N2O2S. The van der Waals surface area contributed by atoms with E-state index in [4.69, 9.17) is 0 Å². The molecule has 3 amide bonds. The largest absolute Gasteiger partial charge is 0.324 e. The maximum Gasteiger partial charge on any atom is 0.324 e. The van der Waals surface area contributed by atoms with Crippen molar-refractivity contribution in [2.45, 2.75) is 19.4 Å². The Balaban J connectivity index is 1.99. The van der Waals surface area contributed by atoms with E-state index in [1.54, 1.807) is 16.2 Å². The number of hydrogen-bond donors (Lipinski definition) is 1. The Bertz CT molecular complexity index is 375. The molecule has 0 spiro atoms. The van der Waals surface area contributed by atoms with Crippen LogP contribution in [0.25, 0.3) is 0 Å². The van der Waals surface area contributed by atoms with Gasteiger partial charge in [0.25, 0.3) is 0 Å². The third-order valence-corrected chi connectivity index (χ3v) is 3.33. The molecule has 0 saturated carbocycles. The molecule has 0 aromatic carbocycles. The number of nitrogens with zero attached hydrogens (tertiary/aromatic N) is 1. The lowest BCUT2D eigenvalue weighted by Gasteiger charge is -2.21. The molecule has 5 heteroatoms. The number of thiophene rings is 1. The molecule has 80 valence electrons. The lowest BCUT2D eigenvalue weighted by Crippen LogP contribution is -2.37. The molecule has 2 heterocycles. The van der Waals surface area contributed by atoms with Crippen LogP contribution in [0.15, 0.2) is 17.5 Å². The number of imide groups is 1. The Morgan fingerprint density at radius 1 is 1.60 bits per heavy atom. The van der Waals surface area contributed by atoms with Crippen molar-refractivity contribution in [1.82, 2.24) is 10.2 Å². The molecule has 1 unspecified atom stereocenters. The van der Waals surface area contributed by atoms with Crippen molar-refractivity contribution in [3.63, 3.8) is 0 Å². The van der Waals surface area contributed by atoms with Gasteiger partial charge in [-0.1, -0.05) is 6.07 Å². The zero-order valence-electron chi connectivity index (χ0n) is 8.40. The minimum Gasteiger partial charge on any atom is -0.312 e. The van der Waals surface area contributed by atoms with Gasteiger partial charge in [-0.15, -0.1) is 11.3 Å². The van der Waals surface area contributed by atoms with Gasteiger partial charge in [0, 0.05) is 17.3 Å². The van der Waals surface area contributed by atoms with E-state index in [9.17, 15) is 9.59 Å². The predicted octanol–water partition coefficient (Wildman–Crippen LogP) is 1.23. The number of hydrogen-bond acceptors (Lipinski definition) is 3. The van der Waals surface area contributed by atoms with Gasteiger partial charge in [-0.05, 0) is 18.4 Å². The van der Waals surface area contributed by atoms with Gasteiger partial charge in [0.05, 0.1) is 0 Å². The summed E-state index contributed by atoms with van der Waals surface area (Å²) in [5.41, 5.74) is 0. The number of carbonyl (C=O) groups is 2. The Morgan fingerprint density at radius 3 is 2.93 bits per heavy atom. The Kier molecular flexibility index (Phi) is 2.73. The van der Waals surface area contributed by atoms with Gasteiger partial charge in [-0.25, -0.2) is 4.79 Å². The first-order valence-corrected chi connectivity index (χ1v) is 5.67. The summed E-state index contributed by atoms with van der Waals surface area (Å²) in [4.78, 5) is 25.2. The van der Waals surface area contributed by atoms with Crippen LogP contribution in [0.5, 0.6) is 0 Å². The van der Waals surface area contributed by atoms with Crippen molar-refractivity contribution < 1.29 is 9.59 Å². The smallest absolute Gasteiger partial charge is 0.312 e. The SMILES string of the molecule is CC(Cc1cccs1)N1CC(=O)NC1=O. The summed E-state index contributed by atoms with van der Waals surface area (Å²) >= 11 is 1.67. The van der Waals surface area contributed by atoms with Crippen LogP contribution in [-0.4, -0.2) is 29.4 Å². The maximum absolute atomic E-state index is 11.4. The third-order valence-electron chi connectivity index (χ3n) is 2.43. The third kappa shape index (κ3) is 2.18. The Labute approximate surface area is 91.9 Å². The summed E-state index contributed by atoms with van der Waals surface area (Å²) in [6, 6.07) is 3.82. The second-order valence-electron chi connectivity index (χ2n) is 3.61. The van der Waals surface area contributed by atoms with E-state index < -0.39 is 0 Å². The average Bonchev–Trinajstić information content (AvgIpc) is 2.75. The summed E-state index contributed by atoms with van der Waals surface area (Å²) < 4.78 is 0. The lowest BCUT2D eigenvalue weighted by atomic mass is 10.2. The molecule has 2 rings (SSSR count). The highest BCUT2D eigenvalue weighted by atomic mass is 32.1. The second-order valence-corrected chi connectivity index (χ2v) is 4.65. The van der Waals surface area contributed by atoms with E-state index in [1.807, 2.05) is 24.4 Å². The van der Waals surface area contributed by atoms with E-state index >= 15 is 0 Å². The average molecular weight is 224 g/mol. The second kappa shape index (κ2) is 4.02. The van der Waals surface area contributed by atoms with Crippen LogP contribution >= 0.6 is 11.3 Å². The van der Waals surface area contributed by atoms with Crippen molar-refractivity contribution in [3.05, 3.63) is 22.4 Å². The van der Waals surface area contributed by atoms with Crippen LogP contribution < -0.4 is 5.32 Å². The first-order chi connectivity index (χ1) is 7.16. The molecule has 4 nitrogen and oxygen atoms in total. The fourth-order valence-electron chi connectivity index (χ4n) is 1.64. The summed E-state index contributed by atoms with van der Waals surface area (Å²) in [7, 11) is 0. The van der Waals surface area contributed by atoms with E-state index in [0.717, 1.165) is 6.42 Å². The molecule has 0 bridgehead atoms. The van der Waals surface area contributed by atoms with Gasteiger partial charge in [0.2, 0.25) is 5.91 Å². The van der Waals surface area contributed by atoms with E-state index in [0.29, 0.717) is 0 Å². The fourth-order valence-corrected chi connectivity index (χ4v) is 2.47. The van der Waals surface area contributed by atoms with Crippen LogP contribution in [0.1, 0.15) is 11.8 Å². The van der Waals surface area contributed by atoms with Crippen molar-refractivity contribution in [2.75, 3.05) is 6.54 Å². The van der Waals surface area contributed by atoms with Crippen molar-refractivity contribution in [1.29, 1.82) is 0 Å². The van der Waals surface area contributed by atoms with Crippen LogP contribution in [0, 0.1) is 0 Å². The molecular weight excluding hydrogens is 212 g/mol. The molecule has 1 aromatic rings. The summed E-state index contributed by atoms with van der Waals surface area (Å²) in [6.07, 6.45) is 0.804. The van der Waals surface area contributed by atoms with Crippen LogP contribution in [0.2, 0.25) is 0 Å². The van der Waals surface area contributed by atoms with Gasteiger partial charge in [-0.3, -0.25) is 10.1 Å². The Hall–Kier alpha value is -1.36. The zero-order chi connectivity index (χ0) is 10.8. The molecule has 1 aliphatic rings. The van der Waals surface area contributed by atoms with Crippen LogP contribution in [-0.2, 0) is 11.2 Å². The van der Waals surface area contributed by atoms with Crippen molar-refractivity contribution in [2.24, 2.45) is 0 Å². The monoisotopic (exact) mass is 224 g/mol. The molecule has 1 aliphatic heterocycles. The number of carbonyl (C=O) groups excluding carboxylic acids is 2. The molecule has 0 radical (unpaired) electrons. The van der Waals surface area contributed by atoms with E-state index in [-0.39, 0.29) is 24.5 Å². The number of urea groups is 1. The molecule has 15 heavy (non-hydrogen) atoms. The molecule has 1 aromatic heterocycles. The molecule has 0 aliphatic carbocycles. The fraction of sp³-hybridized carbons (Fsp3) is 0.400. The van der Waals surface area contributed by atoms with Crippen molar-refractivity contribution in [3.8, 4) is 0 Å². The quantitative estimate of drug-likeness (QED) is 0.785. The predicted molar refractivity (Wildman–Crippen MR) is 57.7 cm³/mol. The topological polar surface area (TPSA) is 49.4 Å². The Morgan fingerprint density at radius 2 is 2.40 bits per heavy atom. The van der Waals surface area contributed by atoms with Gasteiger partial charge in [0.15, 0.2) is 0 Å². The standard InChI is InChI=1S/C10H12N2O2S/c1-7(5-8-3-2-4-15-8)12-6-9(13)11-10(12)14/h2-4,7H,5-6H2,1H3,(H,11,13,14). The minimum absolute atomic E-state index is 0.0649. The minimum atomic E-state index is -0.274. The first kappa shape index (κ1) is 10.2. The summed E-state index contributed by atoms with van der Waals surface area (Å²) in [5.74, 6) is -0.210. The van der Waals surface area contributed by atoms with Gasteiger partial charge >= 0.3 is 6.03 Å². The molecule has 1 fully saturated rings. The highest BCUT2D eigenvalue weighted by molar-refractivity contribution is 7.09. The highest BCUT2D eigenvalue weighted by Crippen LogP contribution is 2.15. The van der Waals surface area contributed by atoms with Gasteiger partial charge in [0.1, 0.15) is 6.54 Å². The summed E-state index contributed by atoms with van der Waals surface area (Å²) in [6.45, 7) is 2.14.